The number of aromatic nitrogens is 2. The molecule has 1 heterocycles. The van der Waals surface area contributed by atoms with E-state index in [1.165, 1.54) is 29.7 Å². The molecule has 1 aromatic heterocycles. The number of hydrogen-bond donors (Lipinski definition) is 1. The van der Waals surface area contributed by atoms with Crippen LogP contribution in [0.2, 0.25) is 0 Å². The lowest BCUT2D eigenvalue weighted by Gasteiger charge is -2.11. The van der Waals surface area contributed by atoms with Gasteiger partial charge >= 0.3 is 0 Å². The van der Waals surface area contributed by atoms with Crippen molar-refractivity contribution in [3.8, 4) is 5.69 Å². The second-order valence-electron chi connectivity index (χ2n) is 5.12. The molecular formula is C15H19N3. The molecule has 1 saturated carbocycles. The van der Waals surface area contributed by atoms with Gasteiger partial charge in [0.1, 0.15) is 5.82 Å². The fourth-order valence-electron chi connectivity index (χ4n) is 2.21. The van der Waals surface area contributed by atoms with Crippen molar-refractivity contribution in [3.05, 3.63) is 47.5 Å². The number of imidazole rings is 1. The maximum absolute atomic E-state index is 4.30. The van der Waals surface area contributed by atoms with Gasteiger partial charge in [-0.05, 0) is 43.9 Å². The summed E-state index contributed by atoms with van der Waals surface area (Å²) in [5.74, 6) is 1.03. The van der Waals surface area contributed by atoms with Crippen LogP contribution < -0.4 is 5.32 Å². The average Bonchev–Trinajstić information content (AvgIpc) is 3.10. The van der Waals surface area contributed by atoms with Crippen LogP contribution in [0, 0.1) is 13.8 Å². The molecule has 0 radical (unpaired) electrons. The minimum Gasteiger partial charge on any atom is -0.310 e. The van der Waals surface area contributed by atoms with E-state index in [0.717, 1.165) is 18.4 Å². The molecule has 1 N–H and O–H groups in total. The Labute approximate surface area is 108 Å². The molecule has 0 spiro atoms. The van der Waals surface area contributed by atoms with Crippen molar-refractivity contribution in [3.63, 3.8) is 0 Å². The first-order valence-electron chi connectivity index (χ1n) is 6.57. The second-order valence-corrected chi connectivity index (χ2v) is 5.12. The van der Waals surface area contributed by atoms with Gasteiger partial charge in [0.05, 0.1) is 0 Å². The SMILES string of the molecule is Cc1ccc(CNC2CC2)cc1-n1ccnc1C. The van der Waals surface area contributed by atoms with Crippen LogP contribution in [0.1, 0.15) is 29.8 Å². The quantitative estimate of drug-likeness (QED) is 0.892. The van der Waals surface area contributed by atoms with Crippen LogP contribution in [0.5, 0.6) is 0 Å². The molecule has 0 unspecified atom stereocenters. The van der Waals surface area contributed by atoms with Gasteiger partial charge in [0.2, 0.25) is 0 Å². The third kappa shape index (κ3) is 2.31. The normalized spacial score (nSPS) is 15.0. The van der Waals surface area contributed by atoms with Crippen molar-refractivity contribution in [1.29, 1.82) is 0 Å². The summed E-state index contributed by atoms with van der Waals surface area (Å²) in [5, 5.41) is 3.55. The molecule has 1 aromatic carbocycles. The molecule has 0 saturated heterocycles. The summed E-state index contributed by atoms with van der Waals surface area (Å²) in [6.07, 6.45) is 6.54. The Balaban J connectivity index is 1.87. The molecule has 1 fully saturated rings. The minimum atomic E-state index is 0.754. The summed E-state index contributed by atoms with van der Waals surface area (Å²) < 4.78 is 2.15. The number of aryl methyl sites for hydroxylation is 2. The number of hydrogen-bond acceptors (Lipinski definition) is 2. The Bertz CT molecular complexity index is 553. The van der Waals surface area contributed by atoms with E-state index in [0.29, 0.717) is 0 Å². The summed E-state index contributed by atoms with van der Waals surface area (Å²) in [6.45, 7) is 5.15. The Morgan fingerprint density at radius 1 is 1.33 bits per heavy atom. The first kappa shape index (κ1) is 11.5. The summed E-state index contributed by atoms with van der Waals surface area (Å²) in [6, 6.07) is 7.42. The number of rotatable bonds is 4. The summed E-state index contributed by atoms with van der Waals surface area (Å²) in [5.41, 5.74) is 3.86. The van der Waals surface area contributed by atoms with Crippen LogP contribution in [0.3, 0.4) is 0 Å². The Morgan fingerprint density at radius 3 is 2.83 bits per heavy atom. The van der Waals surface area contributed by atoms with Gasteiger partial charge in [0, 0.05) is 30.7 Å². The van der Waals surface area contributed by atoms with Crippen molar-refractivity contribution in [2.45, 2.75) is 39.3 Å². The van der Waals surface area contributed by atoms with Gasteiger partial charge in [-0.1, -0.05) is 12.1 Å². The van der Waals surface area contributed by atoms with Gasteiger partial charge in [0.25, 0.3) is 0 Å². The maximum Gasteiger partial charge on any atom is 0.110 e. The zero-order valence-corrected chi connectivity index (χ0v) is 11.0. The molecule has 94 valence electrons. The number of nitrogens with one attached hydrogen (secondary N) is 1. The van der Waals surface area contributed by atoms with Crippen molar-refractivity contribution < 1.29 is 0 Å². The van der Waals surface area contributed by atoms with Crippen LogP contribution in [-0.2, 0) is 6.54 Å². The van der Waals surface area contributed by atoms with Gasteiger partial charge in [-0.15, -0.1) is 0 Å². The van der Waals surface area contributed by atoms with Crippen LogP contribution in [0.25, 0.3) is 5.69 Å². The van der Waals surface area contributed by atoms with E-state index in [-0.39, 0.29) is 0 Å². The standard InChI is InChI=1S/C15H19N3/c1-11-3-4-13(10-17-14-5-6-14)9-15(11)18-8-7-16-12(18)2/h3-4,7-9,14,17H,5-6,10H2,1-2H3. The summed E-state index contributed by atoms with van der Waals surface area (Å²) >= 11 is 0. The van der Waals surface area contributed by atoms with Gasteiger partial charge in [-0.3, -0.25) is 0 Å². The predicted molar refractivity (Wildman–Crippen MR) is 72.9 cm³/mol. The summed E-state index contributed by atoms with van der Waals surface area (Å²) in [7, 11) is 0. The smallest absolute Gasteiger partial charge is 0.110 e. The molecule has 3 heteroatoms. The molecule has 0 atom stereocenters. The zero-order valence-electron chi connectivity index (χ0n) is 11.0. The molecule has 1 aliphatic carbocycles. The highest BCUT2D eigenvalue weighted by Gasteiger charge is 2.20. The van der Waals surface area contributed by atoms with Crippen LogP contribution >= 0.6 is 0 Å². The topological polar surface area (TPSA) is 29.9 Å². The lowest BCUT2D eigenvalue weighted by molar-refractivity contribution is 0.687. The van der Waals surface area contributed by atoms with Crippen LogP contribution in [-0.4, -0.2) is 15.6 Å². The van der Waals surface area contributed by atoms with Gasteiger partial charge in [-0.2, -0.15) is 0 Å². The number of benzene rings is 1. The largest absolute Gasteiger partial charge is 0.310 e. The molecule has 3 nitrogen and oxygen atoms in total. The van der Waals surface area contributed by atoms with Crippen molar-refractivity contribution >= 4 is 0 Å². The molecule has 3 rings (SSSR count). The third-order valence-corrected chi connectivity index (χ3v) is 3.53. The van der Waals surface area contributed by atoms with E-state index in [1.54, 1.807) is 0 Å². The monoisotopic (exact) mass is 241 g/mol. The van der Waals surface area contributed by atoms with Gasteiger partial charge in [0.15, 0.2) is 0 Å². The minimum absolute atomic E-state index is 0.754. The average molecular weight is 241 g/mol. The lowest BCUT2D eigenvalue weighted by Crippen LogP contribution is -2.15. The Kier molecular flexibility index (Phi) is 2.92. The van der Waals surface area contributed by atoms with E-state index in [2.05, 4.69) is 40.0 Å². The predicted octanol–water partition coefficient (Wildman–Crippen LogP) is 2.74. The van der Waals surface area contributed by atoms with E-state index in [1.807, 2.05) is 19.3 Å². The highest BCUT2D eigenvalue weighted by atomic mass is 15.1. The second kappa shape index (κ2) is 4.58. The van der Waals surface area contributed by atoms with E-state index < -0.39 is 0 Å². The Morgan fingerprint density at radius 2 is 2.17 bits per heavy atom. The van der Waals surface area contributed by atoms with E-state index in [9.17, 15) is 0 Å². The fraction of sp³-hybridized carbons (Fsp3) is 0.400. The maximum atomic E-state index is 4.30. The summed E-state index contributed by atoms with van der Waals surface area (Å²) in [4.78, 5) is 4.30. The molecule has 0 amide bonds. The molecule has 1 aliphatic rings. The molecule has 0 bridgehead atoms. The van der Waals surface area contributed by atoms with Crippen molar-refractivity contribution in [2.24, 2.45) is 0 Å². The molecule has 0 aliphatic heterocycles. The van der Waals surface area contributed by atoms with Gasteiger partial charge < -0.3 is 9.88 Å². The molecule has 2 aromatic rings. The molecular weight excluding hydrogens is 222 g/mol. The van der Waals surface area contributed by atoms with Crippen LogP contribution in [0.4, 0.5) is 0 Å². The van der Waals surface area contributed by atoms with Crippen molar-refractivity contribution in [1.82, 2.24) is 14.9 Å². The van der Waals surface area contributed by atoms with E-state index in [4.69, 9.17) is 0 Å². The highest BCUT2D eigenvalue weighted by molar-refractivity contribution is 5.44. The lowest BCUT2D eigenvalue weighted by atomic mass is 10.1. The van der Waals surface area contributed by atoms with Gasteiger partial charge in [-0.25, -0.2) is 4.98 Å². The first-order valence-corrected chi connectivity index (χ1v) is 6.57. The zero-order chi connectivity index (χ0) is 12.5. The number of nitrogens with zero attached hydrogens (tertiary/aromatic N) is 2. The Hall–Kier alpha value is -1.61. The third-order valence-electron chi connectivity index (χ3n) is 3.53. The van der Waals surface area contributed by atoms with E-state index >= 15 is 0 Å². The molecule has 18 heavy (non-hydrogen) atoms. The van der Waals surface area contributed by atoms with Crippen molar-refractivity contribution in [2.75, 3.05) is 0 Å². The fourth-order valence-corrected chi connectivity index (χ4v) is 2.21. The first-order chi connectivity index (χ1) is 8.74. The highest BCUT2D eigenvalue weighted by Crippen LogP contribution is 2.21. The van der Waals surface area contributed by atoms with Crippen LogP contribution in [0.15, 0.2) is 30.6 Å².